The van der Waals surface area contributed by atoms with E-state index in [1.54, 1.807) is 38.4 Å². The number of hydrogen-bond donors (Lipinski definition) is 2. The van der Waals surface area contributed by atoms with Gasteiger partial charge in [0.05, 0.1) is 4.90 Å². The van der Waals surface area contributed by atoms with Crippen LogP contribution in [0.3, 0.4) is 0 Å². The quantitative estimate of drug-likeness (QED) is 0.842. The zero-order chi connectivity index (χ0) is 19.6. The van der Waals surface area contributed by atoms with Crippen LogP contribution < -0.4 is 10.0 Å². The van der Waals surface area contributed by atoms with Gasteiger partial charge in [-0.3, -0.25) is 14.3 Å². The van der Waals surface area contributed by atoms with Crippen LogP contribution >= 0.6 is 0 Å². The van der Waals surface area contributed by atoms with Crippen molar-refractivity contribution in [3.63, 3.8) is 0 Å². The number of nitrogens with one attached hydrogen (secondary N) is 2. The first-order chi connectivity index (χ1) is 12.8. The van der Waals surface area contributed by atoms with Gasteiger partial charge in [-0.1, -0.05) is 6.07 Å². The molecule has 0 unspecified atom stereocenters. The van der Waals surface area contributed by atoms with Crippen molar-refractivity contribution in [1.82, 2.24) is 4.90 Å². The Morgan fingerprint density at radius 1 is 1.11 bits per heavy atom. The predicted molar refractivity (Wildman–Crippen MR) is 103 cm³/mol. The van der Waals surface area contributed by atoms with Gasteiger partial charge in [-0.25, -0.2) is 8.42 Å². The molecule has 2 aromatic carbocycles. The molecule has 0 bridgehead atoms. The van der Waals surface area contributed by atoms with Gasteiger partial charge in [-0.05, 0) is 54.8 Å². The average molecular weight is 387 g/mol. The van der Waals surface area contributed by atoms with Gasteiger partial charge in [0, 0.05) is 37.5 Å². The summed E-state index contributed by atoms with van der Waals surface area (Å²) in [6.07, 6.45) is 1.85. The topological polar surface area (TPSA) is 95.6 Å². The van der Waals surface area contributed by atoms with Gasteiger partial charge in [0.25, 0.3) is 15.9 Å². The summed E-state index contributed by atoms with van der Waals surface area (Å²) < 4.78 is 28.0. The summed E-state index contributed by atoms with van der Waals surface area (Å²) in [4.78, 5) is 25.1. The second-order valence-electron chi connectivity index (χ2n) is 6.61. The number of sulfonamides is 1. The minimum atomic E-state index is -3.85. The van der Waals surface area contributed by atoms with Crippen LogP contribution in [0.25, 0.3) is 0 Å². The highest BCUT2D eigenvalue weighted by atomic mass is 32.2. The lowest BCUT2D eigenvalue weighted by Gasteiger charge is -2.13. The fourth-order valence-corrected chi connectivity index (χ4v) is 4.00. The van der Waals surface area contributed by atoms with Crippen molar-refractivity contribution in [1.29, 1.82) is 0 Å². The minimum Gasteiger partial charge on any atom is -0.345 e. The van der Waals surface area contributed by atoms with Crippen molar-refractivity contribution in [2.45, 2.75) is 24.2 Å². The van der Waals surface area contributed by atoms with Gasteiger partial charge in [-0.2, -0.15) is 0 Å². The molecule has 0 radical (unpaired) electrons. The van der Waals surface area contributed by atoms with Crippen molar-refractivity contribution in [2.24, 2.45) is 0 Å². The first kappa shape index (κ1) is 18.9. The largest absolute Gasteiger partial charge is 0.345 e. The highest BCUT2D eigenvalue weighted by molar-refractivity contribution is 7.92. The molecule has 27 heavy (non-hydrogen) atoms. The molecule has 1 aliphatic rings. The zero-order valence-electron chi connectivity index (χ0n) is 15.2. The van der Waals surface area contributed by atoms with Crippen LogP contribution in [0.15, 0.2) is 47.4 Å². The second kappa shape index (κ2) is 7.40. The Labute approximate surface area is 158 Å². The summed E-state index contributed by atoms with van der Waals surface area (Å²) in [5.74, 6) is -0.308. The first-order valence-electron chi connectivity index (χ1n) is 8.53. The molecule has 8 heteroatoms. The first-order valence-corrected chi connectivity index (χ1v) is 10.0. The number of carbonyl (C=O) groups excluding carboxylic acids is 2. The van der Waals surface area contributed by atoms with Crippen molar-refractivity contribution in [3.8, 4) is 0 Å². The Morgan fingerprint density at radius 3 is 2.63 bits per heavy atom. The van der Waals surface area contributed by atoms with E-state index < -0.39 is 10.0 Å². The van der Waals surface area contributed by atoms with E-state index in [4.69, 9.17) is 0 Å². The molecule has 1 heterocycles. The molecule has 2 aromatic rings. The molecule has 7 nitrogen and oxygen atoms in total. The Hall–Kier alpha value is -2.87. The van der Waals surface area contributed by atoms with E-state index in [1.807, 2.05) is 0 Å². The smallest absolute Gasteiger partial charge is 0.261 e. The van der Waals surface area contributed by atoms with Crippen LogP contribution in [-0.2, 0) is 21.2 Å². The summed E-state index contributed by atoms with van der Waals surface area (Å²) >= 11 is 0. The minimum absolute atomic E-state index is 0.0124. The van der Waals surface area contributed by atoms with Crippen LogP contribution in [0.2, 0.25) is 0 Å². The van der Waals surface area contributed by atoms with E-state index >= 15 is 0 Å². The van der Waals surface area contributed by atoms with Gasteiger partial charge in [-0.15, -0.1) is 0 Å². The molecule has 0 saturated heterocycles. The average Bonchev–Trinajstić information content (AvgIpc) is 2.81. The Bertz CT molecular complexity index is 1000. The van der Waals surface area contributed by atoms with Gasteiger partial charge in [0.1, 0.15) is 0 Å². The molecule has 3 rings (SSSR count). The van der Waals surface area contributed by atoms with E-state index in [-0.39, 0.29) is 16.7 Å². The maximum Gasteiger partial charge on any atom is 0.261 e. The van der Waals surface area contributed by atoms with Crippen molar-refractivity contribution in [3.05, 3.63) is 53.6 Å². The lowest BCUT2D eigenvalue weighted by Crippen LogP contribution is -2.22. The van der Waals surface area contributed by atoms with Crippen LogP contribution in [0, 0.1) is 0 Å². The second-order valence-corrected chi connectivity index (χ2v) is 8.29. The third kappa shape index (κ3) is 4.28. The molecule has 0 atom stereocenters. The lowest BCUT2D eigenvalue weighted by atomic mass is 10.1. The number of rotatable bonds is 4. The maximum absolute atomic E-state index is 12.7. The molecular formula is C19H21N3O4S. The molecule has 0 aromatic heterocycles. The Balaban J connectivity index is 1.87. The van der Waals surface area contributed by atoms with Gasteiger partial charge < -0.3 is 10.2 Å². The fourth-order valence-electron chi connectivity index (χ4n) is 2.91. The number of carbonyl (C=O) groups is 2. The van der Waals surface area contributed by atoms with Crippen LogP contribution in [-0.4, -0.2) is 39.2 Å². The Kier molecular flexibility index (Phi) is 5.18. The third-order valence-corrected chi connectivity index (χ3v) is 5.66. The number of fused-ring (bicyclic) bond motifs is 1. The third-order valence-electron chi connectivity index (χ3n) is 4.28. The van der Waals surface area contributed by atoms with Crippen molar-refractivity contribution < 1.29 is 18.0 Å². The van der Waals surface area contributed by atoms with Crippen molar-refractivity contribution in [2.75, 3.05) is 24.1 Å². The van der Waals surface area contributed by atoms with E-state index in [2.05, 4.69) is 10.0 Å². The van der Waals surface area contributed by atoms with E-state index in [1.165, 1.54) is 23.1 Å². The SMILES string of the molecule is CN(C)C(=O)c1cccc(S(=O)(=O)Nc2ccc3c(c2)CCCC(=O)N3)c1. The normalized spacial score (nSPS) is 13.9. The van der Waals surface area contributed by atoms with Crippen molar-refractivity contribution >= 4 is 33.2 Å². The van der Waals surface area contributed by atoms with Gasteiger partial charge >= 0.3 is 0 Å². The molecule has 0 aliphatic carbocycles. The number of anilines is 2. The summed E-state index contributed by atoms with van der Waals surface area (Å²) in [6.45, 7) is 0. The molecular weight excluding hydrogens is 366 g/mol. The monoisotopic (exact) mass is 387 g/mol. The number of nitrogens with zero attached hydrogens (tertiary/aromatic N) is 1. The van der Waals surface area contributed by atoms with E-state index in [0.29, 0.717) is 36.2 Å². The summed E-state index contributed by atoms with van der Waals surface area (Å²) in [7, 11) is -0.635. The Morgan fingerprint density at radius 2 is 1.89 bits per heavy atom. The summed E-state index contributed by atoms with van der Waals surface area (Å²) in [6, 6.07) is 10.9. The zero-order valence-corrected chi connectivity index (χ0v) is 16.0. The van der Waals surface area contributed by atoms with Crippen LogP contribution in [0.5, 0.6) is 0 Å². The van der Waals surface area contributed by atoms with Gasteiger partial charge in [0.2, 0.25) is 5.91 Å². The van der Waals surface area contributed by atoms with Crippen LogP contribution in [0.4, 0.5) is 11.4 Å². The summed E-state index contributed by atoms with van der Waals surface area (Å²) in [5, 5.41) is 2.82. The molecule has 1 aliphatic heterocycles. The predicted octanol–water partition coefficient (Wildman–Crippen LogP) is 2.46. The highest BCUT2D eigenvalue weighted by Gasteiger charge is 2.19. The highest BCUT2D eigenvalue weighted by Crippen LogP contribution is 2.27. The molecule has 2 amide bonds. The summed E-state index contributed by atoms with van der Waals surface area (Å²) in [5.41, 5.74) is 2.30. The number of aryl methyl sites for hydroxylation is 1. The number of benzene rings is 2. The van der Waals surface area contributed by atoms with Crippen LogP contribution in [0.1, 0.15) is 28.8 Å². The molecule has 142 valence electrons. The number of amides is 2. The molecule has 2 N–H and O–H groups in total. The van der Waals surface area contributed by atoms with Gasteiger partial charge in [0.15, 0.2) is 0 Å². The van der Waals surface area contributed by atoms with E-state index in [0.717, 1.165) is 5.56 Å². The van der Waals surface area contributed by atoms with E-state index in [9.17, 15) is 18.0 Å². The lowest BCUT2D eigenvalue weighted by molar-refractivity contribution is -0.116. The molecule has 0 spiro atoms. The number of hydrogen-bond acceptors (Lipinski definition) is 4. The molecule has 0 fully saturated rings. The molecule has 0 saturated carbocycles. The maximum atomic E-state index is 12.7. The fraction of sp³-hybridized carbons (Fsp3) is 0.263. The standard InChI is InChI=1S/C19H21N3O4S/c1-22(2)19(24)14-6-3-7-16(12-14)27(25,26)21-15-9-10-17-13(11-15)5-4-8-18(23)20-17/h3,6-7,9-12,21H,4-5,8H2,1-2H3,(H,20,23).